The largest absolute Gasteiger partial charge is 0.491 e. The van der Waals surface area contributed by atoms with Crippen molar-refractivity contribution < 1.29 is 9.84 Å². The molecule has 6 heteroatoms. The average Bonchev–Trinajstić information content (AvgIpc) is 2.66. The molecule has 0 saturated carbocycles. The molecule has 0 bridgehead atoms. The van der Waals surface area contributed by atoms with Crippen LogP contribution in [0.3, 0.4) is 0 Å². The third kappa shape index (κ3) is 4.37. The molecule has 0 fully saturated rings. The van der Waals surface area contributed by atoms with Crippen LogP contribution in [0.4, 0.5) is 11.4 Å². The number of rotatable bonds is 6. The number of nitrogens with zero attached hydrogens (tertiary/aromatic N) is 1. The quantitative estimate of drug-likeness (QED) is 0.602. The van der Waals surface area contributed by atoms with Crippen LogP contribution in [0.25, 0.3) is 0 Å². The summed E-state index contributed by atoms with van der Waals surface area (Å²) in [5.74, 6) is 0.666. The maximum atomic E-state index is 8.78. The second kappa shape index (κ2) is 8.13. The molecule has 1 aliphatic carbocycles. The number of nitrogens with two attached hydrogens (primary N) is 1. The van der Waals surface area contributed by atoms with Gasteiger partial charge in [-0.25, -0.2) is 4.99 Å². The van der Waals surface area contributed by atoms with Crippen LogP contribution in [0.15, 0.2) is 83.1 Å². The van der Waals surface area contributed by atoms with Crippen molar-refractivity contribution in [2.45, 2.75) is 0 Å². The summed E-state index contributed by atoms with van der Waals surface area (Å²) in [5.41, 5.74) is 9.60. The van der Waals surface area contributed by atoms with Gasteiger partial charge in [-0.1, -0.05) is 18.2 Å². The second-order valence-corrected chi connectivity index (χ2v) is 5.63. The van der Waals surface area contributed by atoms with Crippen molar-refractivity contribution in [3.05, 3.63) is 78.1 Å². The fraction of sp³-hybridized carbons (Fsp3) is 0.100. The molecule has 0 atom stereocenters. The summed E-state index contributed by atoms with van der Waals surface area (Å²) in [6.07, 6.45) is 3.35. The number of aliphatic hydroxyl groups excluding tert-OH is 1. The van der Waals surface area contributed by atoms with E-state index in [1.54, 1.807) is 24.3 Å². The Morgan fingerprint density at radius 3 is 2.46 bits per heavy atom. The van der Waals surface area contributed by atoms with Crippen molar-refractivity contribution in [1.29, 1.82) is 5.41 Å². The molecule has 5 N–H and O–H groups in total. The van der Waals surface area contributed by atoms with E-state index in [9.17, 15) is 0 Å². The number of ether oxygens (including phenoxy) is 1. The van der Waals surface area contributed by atoms with Crippen LogP contribution in [0.2, 0.25) is 0 Å². The minimum absolute atomic E-state index is 0.0284. The summed E-state index contributed by atoms with van der Waals surface area (Å²) in [6, 6.07) is 16.8. The first-order chi connectivity index (χ1) is 12.7. The SMILES string of the molecule is N=C1C=C(N)C(=Nc2ccc(OCCO)cc2)C=C1Nc1ccccc1. The average molecular weight is 348 g/mol. The van der Waals surface area contributed by atoms with Gasteiger partial charge >= 0.3 is 0 Å². The topological polar surface area (TPSA) is 104 Å². The summed E-state index contributed by atoms with van der Waals surface area (Å²) in [6.45, 7) is 0.224. The Balaban J connectivity index is 1.81. The van der Waals surface area contributed by atoms with Crippen LogP contribution in [-0.4, -0.2) is 29.7 Å². The van der Waals surface area contributed by atoms with Gasteiger partial charge in [0.2, 0.25) is 0 Å². The van der Waals surface area contributed by atoms with Crippen LogP contribution in [0.1, 0.15) is 0 Å². The third-order valence-corrected chi connectivity index (χ3v) is 3.67. The molecule has 3 rings (SSSR count). The highest BCUT2D eigenvalue weighted by Gasteiger charge is 2.14. The molecule has 0 aromatic heterocycles. The van der Waals surface area contributed by atoms with Crippen molar-refractivity contribution in [2.24, 2.45) is 10.7 Å². The van der Waals surface area contributed by atoms with Crippen LogP contribution in [0, 0.1) is 5.41 Å². The van der Waals surface area contributed by atoms with E-state index in [1.807, 2.05) is 42.5 Å². The Bertz CT molecular complexity index is 868. The van der Waals surface area contributed by atoms with Crippen molar-refractivity contribution in [3.8, 4) is 5.75 Å². The monoisotopic (exact) mass is 348 g/mol. The number of nitrogens with one attached hydrogen (secondary N) is 2. The first kappa shape index (κ1) is 17.4. The van der Waals surface area contributed by atoms with Crippen LogP contribution in [-0.2, 0) is 0 Å². The van der Waals surface area contributed by atoms with Crippen molar-refractivity contribution in [1.82, 2.24) is 0 Å². The van der Waals surface area contributed by atoms with E-state index < -0.39 is 0 Å². The Morgan fingerprint density at radius 1 is 1.04 bits per heavy atom. The molecule has 6 nitrogen and oxygen atoms in total. The van der Waals surface area contributed by atoms with E-state index in [1.165, 1.54) is 0 Å². The number of para-hydroxylation sites is 1. The van der Waals surface area contributed by atoms with Gasteiger partial charge in [0.25, 0.3) is 0 Å². The lowest BCUT2D eigenvalue weighted by atomic mass is 10.0. The first-order valence-electron chi connectivity index (χ1n) is 8.18. The van der Waals surface area contributed by atoms with E-state index in [-0.39, 0.29) is 13.2 Å². The smallest absolute Gasteiger partial charge is 0.119 e. The predicted octanol–water partition coefficient (Wildman–Crippen LogP) is 3.00. The van der Waals surface area contributed by atoms with Gasteiger partial charge in [0.15, 0.2) is 0 Å². The molecular formula is C20H20N4O2. The molecule has 0 saturated heterocycles. The molecule has 2 aromatic rings. The summed E-state index contributed by atoms with van der Waals surface area (Å²) in [5, 5.41) is 20.1. The van der Waals surface area contributed by atoms with Crippen molar-refractivity contribution in [2.75, 3.05) is 18.5 Å². The third-order valence-electron chi connectivity index (χ3n) is 3.67. The molecule has 26 heavy (non-hydrogen) atoms. The highest BCUT2D eigenvalue weighted by Crippen LogP contribution is 2.21. The summed E-state index contributed by atoms with van der Waals surface area (Å²) < 4.78 is 5.33. The molecule has 0 amide bonds. The van der Waals surface area contributed by atoms with E-state index >= 15 is 0 Å². The maximum Gasteiger partial charge on any atom is 0.119 e. The molecule has 0 spiro atoms. The molecule has 0 unspecified atom stereocenters. The molecular weight excluding hydrogens is 328 g/mol. The Kier molecular flexibility index (Phi) is 5.46. The predicted molar refractivity (Wildman–Crippen MR) is 104 cm³/mol. The van der Waals surface area contributed by atoms with Crippen molar-refractivity contribution in [3.63, 3.8) is 0 Å². The van der Waals surface area contributed by atoms with Gasteiger partial charge in [0, 0.05) is 5.69 Å². The molecule has 0 heterocycles. The molecule has 132 valence electrons. The van der Waals surface area contributed by atoms with Crippen LogP contribution < -0.4 is 15.8 Å². The fourth-order valence-electron chi connectivity index (χ4n) is 2.40. The Labute approximate surface area is 151 Å². The Hall–Kier alpha value is -3.38. The number of aliphatic hydroxyl groups is 1. The number of hydrogen-bond acceptors (Lipinski definition) is 6. The molecule has 0 radical (unpaired) electrons. The van der Waals surface area contributed by atoms with Crippen LogP contribution in [0.5, 0.6) is 5.75 Å². The maximum absolute atomic E-state index is 8.78. The zero-order chi connectivity index (χ0) is 18.4. The van der Waals surface area contributed by atoms with E-state index in [4.69, 9.17) is 21.0 Å². The normalized spacial score (nSPS) is 15.4. The van der Waals surface area contributed by atoms with Crippen molar-refractivity contribution >= 4 is 22.8 Å². The number of hydrogen-bond donors (Lipinski definition) is 4. The summed E-state index contributed by atoms with van der Waals surface area (Å²) in [4.78, 5) is 4.55. The number of benzene rings is 2. The molecule has 2 aromatic carbocycles. The summed E-state index contributed by atoms with van der Waals surface area (Å²) >= 11 is 0. The molecule has 0 aliphatic heterocycles. The number of allylic oxidation sites excluding steroid dienone is 2. The van der Waals surface area contributed by atoms with Gasteiger partial charge in [-0.3, -0.25) is 5.41 Å². The van der Waals surface area contributed by atoms with Gasteiger partial charge in [0.05, 0.1) is 35.1 Å². The lowest BCUT2D eigenvalue weighted by Gasteiger charge is -2.16. The van der Waals surface area contributed by atoms with E-state index in [2.05, 4.69) is 10.3 Å². The summed E-state index contributed by atoms with van der Waals surface area (Å²) in [7, 11) is 0. The van der Waals surface area contributed by atoms with Gasteiger partial charge in [-0.2, -0.15) is 0 Å². The zero-order valence-corrected chi connectivity index (χ0v) is 14.1. The van der Waals surface area contributed by atoms with Gasteiger partial charge < -0.3 is 20.9 Å². The molecule has 1 aliphatic rings. The van der Waals surface area contributed by atoms with Gasteiger partial charge in [-0.05, 0) is 48.6 Å². The van der Waals surface area contributed by atoms with E-state index in [0.29, 0.717) is 28.6 Å². The zero-order valence-electron chi connectivity index (χ0n) is 14.1. The van der Waals surface area contributed by atoms with Gasteiger partial charge in [0.1, 0.15) is 12.4 Å². The highest BCUT2D eigenvalue weighted by molar-refractivity contribution is 6.23. The number of anilines is 1. The lowest BCUT2D eigenvalue weighted by molar-refractivity contribution is 0.201. The van der Waals surface area contributed by atoms with Gasteiger partial charge in [-0.15, -0.1) is 0 Å². The standard InChI is InChI=1S/C20H20N4O2/c21-17-12-18(22)20(13-19(17)23-14-4-2-1-3-5-14)24-15-6-8-16(9-7-15)26-11-10-25/h1-9,12-13,21,23,25H,10-11,22H2. The Morgan fingerprint density at radius 2 is 1.77 bits per heavy atom. The lowest BCUT2D eigenvalue weighted by Crippen LogP contribution is -2.21. The first-order valence-corrected chi connectivity index (χ1v) is 8.18. The second-order valence-electron chi connectivity index (χ2n) is 5.63. The van der Waals surface area contributed by atoms with Crippen LogP contribution >= 0.6 is 0 Å². The highest BCUT2D eigenvalue weighted by atomic mass is 16.5. The minimum atomic E-state index is -0.0284. The van der Waals surface area contributed by atoms with E-state index in [0.717, 1.165) is 11.4 Å². The minimum Gasteiger partial charge on any atom is -0.491 e. The fourth-order valence-corrected chi connectivity index (χ4v) is 2.40. The number of aliphatic imine (C=N–C) groups is 1.